The van der Waals surface area contributed by atoms with E-state index in [1.165, 1.54) is 6.07 Å². The fourth-order valence-corrected chi connectivity index (χ4v) is 2.23. The smallest absolute Gasteiger partial charge is 0.123 e. The first kappa shape index (κ1) is 14.1. The van der Waals surface area contributed by atoms with Crippen molar-refractivity contribution in [2.45, 2.75) is 6.54 Å². The molecular weight excluding hydrogens is 242 g/mol. The molecule has 0 bridgehead atoms. The van der Waals surface area contributed by atoms with Gasteiger partial charge in [0, 0.05) is 57.4 Å². The number of hydrogen-bond donors (Lipinski definition) is 3. The first-order valence-corrected chi connectivity index (χ1v) is 6.77. The summed E-state index contributed by atoms with van der Waals surface area (Å²) in [5.41, 5.74) is 0.816. The molecule has 3 N–H and O–H groups in total. The molecule has 0 aromatic heterocycles. The monoisotopic (exact) mass is 265 g/mol. The fraction of sp³-hybridized carbons (Fsp3) is 0.571. The summed E-state index contributed by atoms with van der Waals surface area (Å²) < 4.78 is 0. The van der Waals surface area contributed by atoms with Crippen LogP contribution in [-0.4, -0.2) is 66.3 Å². The third-order valence-electron chi connectivity index (χ3n) is 3.59. The van der Waals surface area contributed by atoms with Gasteiger partial charge < -0.3 is 20.4 Å². The molecule has 1 aliphatic rings. The van der Waals surface area contributed by atoms with Crippen molar-refractivity contribution in [3.63, 3.8) is 0 Å². The number of nitrogens with one attached hydrogen (secondary N) is 1. The Morgan fingerprint density at radius 2 is 1.89 bits per heavy atom. The summed E-state index contributed by atoms with van der Waals surface area (Å²) in [7, 11) is 2.16. The second-order valence-corrected chi connectivity index (χ2v) is 5.13. The SMILES string of the molecule is CN1CCN(CCNCc2ccc(O)cc2O)CC1. The van der Waals surface area contributed by atoms with Gasteiger partial charge in [-0.3, -0.25) is 4.90 Å². The number of benzene rings is 1. The van der Waals surface area contributed by atoms with Crippen molar-refractivity contribution in [3.8, 4) is 11.5 Å². The Morgan fingerprint density at radius 1 is 1.16 bits per heavy atom. The summed E-state index contributed by atoms with van der Waals surface area (Å²) in [4.78, 5) is 4.79. The standard InChI is InChI=1S/C14H23N3O2/c1-16-6-8-17(9-7-16)5-4-15-11-12-2-3-13(18)10-14(12)19/h2-3,10,15,18-19H,4-9,11H2,1H3. The van der Waals surface area contributed by atoms with Crippen molar-refractivity contribution >= 4 is 0 Å². The van der Waals surface area contributed by atoms with Gasteiger partial charge in [-0.25, -0.2) is 0 Å². The van der Waals surface area contributed by atoms with Gasteiger partial charge in [0.05, 0.1) is 0 Å². The summed E-state index contributed by atoms with van der Waals surface area (Å²) in [6.45, 7) is 7.10. The molecule has 1 fully saturated rings. The van der Waals surface area contributed by atoms with E-state index in [2.05, 4.69) is 22.2 Å². The van der Waals surface area contributed by atoms with E-state index in [0.717, 1.165) is 44.8 Å². The zero-order chi connectivity index (χ0) is 13.7. The number of aromatic hydroxyl groups is 2. The van der Waals surface area contributed by atoms with Crippen molar-refractivity contribution in [1.29, 1.82) is 0 Å². The molecule has 0 amide bonds. The molecule has 0 saturated carbocycles. The topological polar surface area (TPSA) is 59.0 Å². The van der Waals surface area contributed by atoms with Gasteiger partial charge in [0.15, 0.2) is 0 Å². The maximum Gasteiger partial charge on any atom is 0.123 e. The summed E-state index contributed by atoms with van der Waals surface area (Å²) in [6, 6.07) is 4.71. The molecule has 0 radical (unpaired) electrons. The van der Waals surface area contributed by atoms with Crippen molar-refractivity contribution in [2.75, 3.05) is 46.3 Å². The zero-order valence-corrected chi connectivity index (χ0v) is 11.5. The highest BCUT2D eigenvalue weighted by molar-refractivity contribution is 5.38. The lowest BCUT2D eigenvalue weighted by Gasteiger charge is -2.32. The first-order chi connectivity index (χ1) is 9.15. The second-order valence-electron chi connectivity index (χ2n) is 5.13. The molecule has 1 aromatic carbocycles. The van der Waals surface area contributed by atoms with E-state index in [4.69, 9.17) is 0 Å². The number of hydrogen-bond acceptors (Lipinski definition) is 5. The summed E-state index contributed by atoms with van der Waals surface area (Å²) in [6.07, 6.45) is 0. The van der Waals surface area contributed by atoms with E-state index < -0.39 is 0 Å². The number of rotatable bonds is 5. The van der Waals surface area contributed by atoms with Crippen molar-refractivity contribution in [3.05, 3.63) is 23.8 Å². The van der Waals surface area contributed by atoms with Crippen LogP contribution in [0.4, 0.5) is 0 Å². The van der Waals surface area contributed by atoms with Gasteiger partial charge in [0.1, 0.15) is 11.5 Å². The molecular formula is C14H23N3O2. The van der Waals surface area contributed by atoms with Crippen LogP contribution in [0.5, 0.6) is 11.5 Å². The number of nitrogens with zero attached hydrogens (tertiary/aromatic N) is 2. The molecule has 5 nitrogen and oxygen atoms in total. The van der Waals surface area contributed by atoms with Crippen LogP contribution in [0.3, 0.4) is 0 Å². The lowest BCUT2D eigenvalue weighted by molar-refractivity contribution is 0.154. The summed E-state index contributed by atoms with van der Waals surface area (Å²) in [5, 5.41) is 22.2. The van der Waals surface area contributed by atoms with Crippen LogP contribution in [0.2, 0.25) is 0 Å². The van der Waals surface area contributed by atoms with Crippen molar-refractivity contribution in [2.24, 2.45) is 0 Å². The largest absolute Gasteiger partial charge is 0.508 e. The van der Waals surface area contributed by atoms with Crippen LogP contribution in [0, 0.1) is 0 Å². The Bertz CT molecular complexity index is 404. The second kappa shape index (κ2) is 6.75. The van der Waals surface area contributed by atoms with Crippen LogP contribution in [0.15, 0.2) is 18.2 Å². The molecule has 19 heavy (non-hydrogen) atoms. The van der Waals surface area contributed by atoms with Crippen LogP contribution in [0.25, 0.3) is 0 Å². The summed E-state index contributed by atoms with van der Waals surface area (Å²) in [5.74, 6) is 0.241. The highest BCUT2D eigenvalue weighted by Gasteiger charge is 2.12. The maximum atomic E-state index is 9.65. The molecule has 5 heteroatoms. The highest BCUT2D eigenvalue weighted by Crippen LogP contribution is 2.22. The molecule has 1 aliphatic heterocycles. The molecule has 0 aliphatic carbocycles. The maximum absolute atomic E-state index is 9.65. The van der Waals surface area contributed by atoms with E-state index in [-0.39, 0.29) is 11.5 Å². The summed E-state index contributed by atoms with van der Waals surface area (Å²) >= 11 is 0. The van der Waals surface area contributed by atoms with E-state index in [0.29, 0.717) is 6.54 Å². The normalized spacial score (nSPS) is 17.7. The fourth-order valence-electron chi connectivity index (χ4n) is 2.23. The number of phenols is 2. The molecule has 106 valence electrons. The first-order valence-electron chi connectivity index (χ1n) is 6.77. The van der Waals surface area contributed by atoms with Crippen molar-refractivity contribution < 1.29 is 10.2 Å². The zero-order valence-electron chi connectivity index (χ0n) is 11.5. The highest BCUT2D eigenvalue weighted by atomic mass is 16.3. The lowest BCUT2D eigenvalue weighted by Crippen LogP contribution is -2.46. The van der Waals surface area contributed by atoms with Crippen LogP contribution >= 0.6 is 0 Å². The molecule has 1 aromatic rings. The number of piperazine rings is 1. The minimum Gasteiger partial charge on any atom is -0.508 e. The van der Waals surface area contributed by atoms with E-state index in [1.807, 2.05) is 0 Å². The van der Waals surface area contributed by atoms with Gasteiger partial charge in [-0.15, -0.1) is 0 Å². The Labute approximate surface area is 114 Å². The quantitative estimate of drug-likeness (QED) is 0.674. The Kier molecular flexibility index (Phi) is 5.01. The van der Waals surface area contributed by atoms with Crippen LogP contribution < -0.4 is 5.32 Å². The Balaban J connectivity index is 1.66. The number of phenolic OH excluding ortho intramolecular Hbond substituents is 2. The average Bonchev–Trinajstić information content (AvgIpc) is 2.39. The number of likely N-dealkylation sites (N-methyl/N-ethyl adjacent to an activating group) is 1. The molecule has 1 saturated heterocycles. The van der Waals surface area contributed by atoms with E-state index in [9.17, 15) is 10.2 Å². The molecule has 0 unspecified atom stereocenters. The van der Waals surface area contributed by atoms with E-state index >= 15 is 0 Å². The Hall–Kier alpha value is -1.30. The van der Waals surface area contributed by atoms with Crippen LogP contribution in [-0.2, 0) is 6.54 Å². The van der Waals surface area contributed by atoms with Crippen molar-refractivity contribution in [1.82, 2.24) is 15.1 Å². The van der Waals surface area contributed by atoms with Crippen LogP contribution in [0.1, 0.15) is 5.56 Å². The third kappa shape index (κ3) is 4.38. The lowest BCUT2D eigenvalue weighted by atomic mass is 10.2. The molecule has 0 atom stereocenters. The molecule has 0 spiro atoms. The van der Waals surface area contributed by atoms with Gasteiger partial charge in [0.25, 0.3) is 0 Å². The predicted octanol–water partition coefficient (Wildman–Crippen LogP) is 0.435. The van der Waals surface area contributed by atoms with E-state index in [1.54, 1.807) is 12.1 Å². The van der Waals surface area contributed by atoms with Gasteiger partial charge in [-0.1, -0.05) is 6.07 Å². The Morgan fingerprint density at radius 3 is 2.58 bits per heavy atom. The average molecular weight is 265 g/mol. The minimum absolute atomic E-state index is 0.0960. The van der Waals surface area contributed by atoms with Gasteiger partial charge >= 0.3 is 0 Å². The molecule has 1 heterocycles. The predicted molar refractivity (Wildman–Crippen MR) is 75.4 cm³/mol. The third-order valence-corrected chi connectivity index (χ3v) is 3.59. The van der Waals surface area contributed by atoms with Gasteiger partial charge in [-0.2, -0.15) is 0 Å². The van der Waals surface area contributed by atoms with Gasteiger partial charge in [-0.05, 0) is 13.1 Å². The molecule has 2 rings (SSSR count). The van der Waals surface area contributed by atoms with Gasteiger partial charge in [0.2, 0.25) is 0 Å². The minimum atomic E-state index is 0.0960.